The highest BCUT2D eigenvalue weighted by Gasteiger charge is 2.15. The monoisotopic (exact) mass is 261 g/mol. The van der Waals surface area contributed by atoms with Crippen LogP contribution in [0.1, 0.15) is 30.0 Å². The molecule has 0 unspecified atom stereocenters. The van der Waals surface area contributed by atoms with E-state index in [1.165, 1.54) is 11.1 Å². The zero-order valence-corrected chi connectivity index (χ0v) is 11.4. The first-order valence-corrected chi connectivity index (χ1v) is 6.58. The highest BCUT2D eigenvalue weighted by molar-refractivity contribution is 5.88. The zero-order valence-electron chi connectivity index (χ0n) is 11.4. The molecule has 0 aliphatic heterocycles. The molecule has 4 nitrogen and oxygen atoms in total. The Morgan fingerprint density at radius 3 is 2.89 bits per heavy atom. The maximum atomic E-state index is 11.5. The van der Waals surface area contributed by atoms with Crippen molar-refractivity contribution in [2.24, 2.45) is 5.16 Å². The summed E-state index contributed by atoms with van der Waals surface area (Å²) in [4.78, 5) is 16.3. The summed E-state index contributed by atoms with van der Waals surface area (Å²) in [6.45, 7) is 2.25. The van der Waals surface area contributed by atoms with Crippen molar-refractivity contribution < 1.29 is 14.4 Å². The first-order valence-electron chi connectivity index (χ1n) is 6.58. The molecule has 4 heteroatoms. The lowest BCUT2D eigenvalue weighted by molar-refractivity contribution is -0.142. The van der Waals surface area contributed by atoms with E-state index in [1.54, 1.807) is 7.11 Å². The van der Waals surface area contributed by atoms with Crippen LogP contribution in [0.4, 0.5) is 0 Å². The minimum Gasteiger partial charge on any atom is -0.466 e. The van der Waals surface area contributed by atoms with E-state index in [0.29, 0.717) is 13.0 Å². The third-order valence-electron chi connectivity index (χ3n) is 3.22. The fourth-order valence-electron chi connectivity index (χ4n) is 2.37. The van der Waals surface area contributed by atoms with Gasteiger partial charge in [0, 0.05) is 6.42 Å². The summed E-state index contributed by atoms with van der Waals surface area (Å²) in [7, 11) is 1.57. The van der Waals surface area contributed by atoms with Gasteiger partial charge in [0.05, 0.1) is 18.7 Å². The van der Waals surface area contributed by atoms with Gasteiger partial charge in [-0.1, -0.05) is 23.4 Å². The summed E-state index contributed by atoms with van der Waals surface area (Å²) in [5.74, 6) is -0.167. The number of aryl methyl sites for hydroxylation is 1. The largest absolute Gasteiger partial charge is 0.466 e. The summed E-state index contributed by atoms with van der Waals surface area (Å²) in [5.41, 5.74) is 4.67. The van der Waals surface area contributed by atoms with Crippen LogP contribution >= 0.6 is 0 Å². The molecule has 0 aromatic heterocycles. The maximum Gasteiger partial charge on any atom is 0.310 e. The second kappa shape index (κ2) is 6.36. The van der Waals surface area contributed by atoms with Crippen molar-refractivity contribution in [1.29, 1.82) is 0 Å². The van der Waals surface area contributed by atoms with Gasteiger partial charge in [-0.25, -0.2) is 0 Å². The Morgan fingerprint density at radius 1 is 1.32 bits per heavy atom. The van der Waals surface area contributed by atoms with Crippen LogP contribution in [-0.4, -0.2) is 25.4 Å². The number of carbonyl (C=O) groups is 1. The molecule has 0 bridgehead atoms. The summed E-state index contributed by atoms with van der Waals surface area (Å²) in [6.07, 6.45) is 3.06. The van der Waals surface area contributed by atoms with Gasteiger partial charge in [-0.2, -0.15) is 0 Å². The molecule has 2 rings (SSSR count). The number of oxime groups is 1. The fraction of sp³-hybridized carbons (Fsp3) is 0.467. The molecule has 0 N–H and O–H groups in total. The van der Waals surface area contributed by atoms with Crippen molar-refractivity contribution in [1.82, 2.24) is 0 Å². The molecule has 0 radical (unpaired) electrons. The molecule has 1 aromatic carbocycles. The summed E-state index contributed by atoms with van der Waals surface area (Å²) < 4.78 is 4.96. The van der Waals surface area contributed by atoms with Crippen LogP contribution in [0.25, 0.3) is 0 Å². The van der Waals surface area contributed by atoms with Crippen LogP contribution in [0.3, 0.4) is 0 Å². The van der Waals surface area contributed by atoms with E-state index in [-0.39, 0.29) is 5.97 Å². The number of rotatable bonds is 4. The molecule has 0 saturated heterocycles. The summed E-state index contributed by atoms with van der Waals surface area (Å²) in [6, 6.07) is 6.18. The van der Waals surface area contributed by atoms with E-state index in [1.807, 2.05) is 13.0 Å². The van der Waals surface area contributed by atoms with Gasteiger partial charge in [0.15, 0.2) is 0 Å². The minimum atomic E-state index is -0.167. The Labute approximate surface area is 113 Å². The number of hydrogen-bond acceptors (Lipinski definition) is 4. The molecule has 0 saturated carbocycles. The average molecular weight is 261 g/mol. The molecule has 0 heterocycles. The molecule has 102 valence electrons. The van der Waals surface area contributed by atoms with Crippen molar-refractivity contribution in [2.75, 3.05) is 13.7 Å². The normalized spacial score (nSPS) is 16.0. The molecule has 0 amide bonds. The third kappa shape index (κ3) is 3.56. The lowest BCUT2D eigenvalue weighted by Gasteiger charge is -2.18. The number of benzene rings is 1. The predicted molar refractivity (Wildman–Crippen MR) is 73.2 cm³/mol. The van der Waals surface area contributed by atoms with Crippen LogP contribution < -0.4 is 0 Å². The minimum absolute atomic E-state index is 0.167. The molecule has 0 fully saturated rings. The number of esters is 1. The van der Waals surface area contributed by atoms with Crippen molar-refractivity contribution >= 4 is 11.7 Å². The highest BCUT2D eigenvalue weighted by atomic mass is 16.6. The number of ether oxygens (including phenoxy) is 1. The predicted octanol–water partition coefficient (Wildman–Crippen LogP) is 2.28. The smallest absolute Gasteiger partial charge is 0.310 e. The SMILES string of the molecule is CCOC(=O)Cc1ccc2c(c1)CC/C(=N/OC)C2. The quantitative estimate of drug-likeness (QED) is 0.617. The van der Waals surface area contributed by atoms with Gasteiger partial charge in [-0.15, -0.1) is 0 Å². The van der Waals surface area contributed by atoms with Crippen LogP contribution in [-0.2, 0) is 33.6 Å². The Bertz CT molecular complexity index is 494. The van der Waals surface area contributed by atoms with Gasteiger partial charge < -0.3 is 9.57 Å². The van der Waals surface area contributed by atoms with E-state index < -0.39 is 0 Å². The molecule has 0 spiro atoms. The van der Waals surface area contributed by atoms with Gasteiger partial charge in [0.1, 0.15) is 7.11 Å². The van der Waals surface area contributed by atoms with Gasteiger partial charge in [0.25, 0.3) is 0 Å². The van der Waals surface area contributed by atoms with E-state index >= 15 is 0 Å². The second-order valence-corrected chi connectivity index (χ2v) is 4.60. The molecule has 1 aromatic rings. The van der Waals surface area contributed by atoms with E-state index in [0.717, 1.165) is 30.5 Å². The molecule has 1 aliphatic rings. The maximum absolute atomic E-state index is 11.5. The average Bonchev–Trinajstić information content (AvgIpc) is 2.39. The van der Waals surface area contributed by atoms with Crippen molar-refractivity contribution in [3.8, 4) is 0 Å². The first-order chi connectivity index (χ1) is 9.22. The van der Waals surface area contributed by atoms with Crippen molar-refractivity contribution in [3.05, 3.63) is 34.9 Å². The Hall–Kier alpha value is -1.84. The summed E-state index contributed by atoms with van der Waals surface area (Å²) >= 11 is 0. The van der Waals surface area contributed by atoms with Gasteiger partial charge in [0.2, 0.25) is 0 Å². The molecule has 0 atom stereocenters. The number of nitrogens with zero attached hydrogens (tertiary/aromatic N) is 1. The van der Waals surface area contributed by atoms with Crippen LogP contribution in [0.15, 0.2) is 23.4 Å². The number of hydrogen-bond donors (Lipinski definition) is 0. The second-order valence-electron chi connectivity index (χ2n) is 4.60. The summed E-state index contributed by atoms with van der Waals surface area (Å²) in [5, 5.41) is 4.02. The van der Waals surface area contributed by atoms with Crippen LogP contribution in [0.5, 0.6) is 0 Å². The standard InChI is InChI=1S/C15H19NO3/c1-3-19-15(17)9-11-4-5-13-10-14(16-18-2)7-6-12(13)8-11/h4-5,8H,3,6-7,9-10H2,1-2H3/b16-14-. The van der Waals surface area contributed by atoms with Crippen LogP contribution in [0, 0.1) is 0 Å². The molecular weight excluding hydrogens is 242 g/mol. The number of fused-ring (bicyclic) bond motifs is 1. The highest BCUT2D eigenvalue weighted by Crippen LogP contribution is 2.21. The van der Waals surface area contributed by atoms with Gasteiger partial charge in [-0.05, 0) is 36.5 Å². The third-order valence-corrected chi connectivity index (χ3v) is 3.22. The number of carbonyl (C=O) groups excluding carboxylic acids is 1. The fourth-order valence-corrected chi connectivity index (χ4v) is 2.37. The molecular formula is C15H19NO3. The molecule has 1 aliphatic carbocycles. The topological polar surface area (TPSA) is 47.9 Å². The lowest BCUT2D eigenvalue weighted by Crippen LogP contribution is -2.15. The Morgan fingerprint density at radius 2 is 2.16 bits per heavy atom. The molecule has 19 heavy (non-hydrogen) atoms. The Kier molecular flexibility index (Phi) is 4.55. The van der Waals surface area contributed by atoms with Gasteiger partial charge in [-0.3, -0.25) is 4.79 Å². The van der Waals surface area contributed by atoms with E-state index in [2.05, 4.69) is 17.3 Å². The van der Waals surface area contributed by atoms with E-state index in [4.69, 9.17) is 9.57 Å². The van der Waals surface area contributed by atoms with Crippen molar-refractivity contribution in [3.63, 3.8) is 0 Å². The van der Waals surface area contributed by atoms with Crippen molar-refractivity contribution in [2.45, 2.75) is 32.6 Å². The lowest BCUT2D eigenvalue weighted by atomic mass is 9.89. The first kappa shape index (κ1) is 13.6. The van der Waals surface area contributed by atoms with Crippen LogP contribution in [0.2, 0.25) is 0 Å². The Balaban J connectivity index is 2.09. The van der Waals surface area contributed by atoms with E-state index in [9.17, 15) is 4.79 Å². The van der Waals surface area contributed by atoms with Gasteiger partial charge >= 0.3 is 5.97 Å². The zero-order chi connectivity index (χ0) is 13.7.